The van der Waals surface area contributed by atoms with E-state index in [1.165, 1.54) is 32.7 Å². The van der Waals surface area contributed by atoms with Crippen molar-refractivity contribution >= 4 is 49.7 Å². The van der Waals surface area contributed by atoms with Gasteiger partial charge in [0.05, 0.1) is 5.69 Å². The molecule has 0 aliphatic rings. The molecule has 1 aromatic heterocycles. The molecular formula is C45H30N2O. The van der Waals surface area contributed by atoms with Crippen LogP contribution < -0.4 is 4.90 Å². The molecule has 0 spiro atoms. The van der Waals surface area contributed by atoms with E-state index in [2.05, 4.69) is 144 Å². The monoisotopic (exact) mass is 614 g/mol. The fourth-order valence-corrected chi connectivity index (χ4v) is 6.77. The number of rotatable bonds is 6. The maximum Gasteiger partial charge on any atom is 0.227 e. The van der Waals surface area contributed by atoms with Crippen LogP contribution in [0.3, 0.4) is 0 Å². The lowest BCUT2D eigenvalue weighted by atomic mass is 9.98. The normalized spacial score (nSPS) is 11.3. The van der Waals surface area contributed by atoms with Gasteiger partial charge in [0.15, 0.2) is 5.58 Å². The molecule has 0 saturated carbocycles. The maximum atomic E-state index is 6.18. The lowest BCUT2D eigenvalue weighted by Gasteiger charge is -2.27. The van der Waals surface area contributed by atoms with Gasteiger partial charge < -0.3 is 9.32 Å². The molecule has 0 bridgehead atoms. The first-order valence-electron chi connectivity index (χ1n) is 16.2. The zero-order valence-corrected chi connectivity index (χ0v) is 26.1. The Balaban J connectivity index is 1.14. The number of oxazole rings is 1. The Bertz CT molecular complexity index is 2540. The van der Waals surface area contributed by atoms with Crippen LogP contribution in [0, 0.1) is 0 Å². The molecule has 8 aromatic carbocycles. The molecule has 0 unspecified atom stereocenters. The third-order valence-electron chi connectivity index (χ3n) is 9.11. The van der Waals surface area contributed by atoms with E-state index in [0.29, 0.717) is 5.89 Å². The molecule has 3 nitrogen and oxygen atoms in total. The fourth-order valence-electron chi connectivity index (χ4n) is 6.77. The second-order valence-corrected chi connectivity index (χ2v) is 12.0. The van der Waals surface area contributed by atoms with Crippen molar-refractivity contribution < 1.29 is 4.42 Å². The number of anilines is 3. The van der Waals surface area contributed by atoms with E-state index in [0.717, 1.165) is 44.9 Å². The van der Waals surface area contributed by atoms with Crippen LogP contribution in [0.15, 0.2) is 186 Å². The average molecular weight is 615 g/mol. The smallest absolute Gasteiger partial charge is 0.227 e. The van der Waals surface area contributed by atoms with E-state index < -0.39 is 0 Å². The van der Waals surface area contributed by atoms with Gasteiger partial charge in [-0.3, -0.25) is 0 Å². The third-order valence-corrected chi connectivity index (χ3v) is 9.11. The Kier molecular flexibility index (Phi) is 6.80. The Labute approximate surface area is 279 Å². The molecule has 0 atom stereocenters. The van der Waals surface area contributed by atoms with Crippen LogP contribution in [0.5, 0.6) is 0 Å². The summed E-state index contributed by atoms with van der Waals surface area (Å²) in [5, 5.41) is 4.90. The molecule has 0 saturated heterocycles. The van der Waals surface area contributed by atoms with Gasteiger partial charge in [0.25, 0.3) is 0 Å². The lowest BCUT2D eigenvalue weighted by Crippen LogP contribution is -2.10. The van der Waals surface area contributed by atoms with E-state index in [1.807, 2.05) is 42.5 Å². The van der Waals surface area contributed by atoms with Crippen LogP contribution in [0.2, 0.25) is 0 Å². The first-order chi connectivity index (χ1) is 23.8. The Morgan fingerprint density at radius 2 is 0.938 bits per heavy atom. The summed E-state index contributed by atoms with van der Waals surface area (Å²) in [4.78, 5) is 7.27. The van der Waals surface area contributed by atoms with E-state index in [-0.39, 0.29) is 0 Å². The molecule has 0 radical (unpaired) electrons. The van der Waals surface area contributed by atoms with Gasteiger partial charge in [0.2, 0.25) is 5.89 Å². The molecule has 48 heavy (non-hydrogen) atoms. The highest BCUT2D eigenvalue weighted by atomic mass is 16.3. The highest BCUT2D eigenvalue weighted by Crippen LogP contribution is 2.41. The summed E-state index contributed by atoms with van der Waals surface area (Å²) in [5.74, 6) is 0.628. The zero-order valence-electron chi connectivity index (χ0n) is 26.1. The Morgan fingerprint density at radius 1 is 0.396 bits per heavy atom. The minimum Gasteiger partial charge on any atom is -0.436 e. The van der Waals surface area contributed by atoms with Gasteiger partial charge in [-0.2, -0.15) is 0 Å². The number of hydrogen-bond acceptors (Lipinski definition) is 3. The first-order valence-corrected chi connectivity index (χ1v) is 16.2. The quantitative estimate of drug-likeness (QED) is 0.187. The Morgan fingerprint density at radius 3 is 1.67 bits per heavy atom. The zero-order chi connectivity index (χ0) is 31.9. The highest BCUT2D eigenvalue weighted by Gasteiger charge is 2.17. The molecule has 226 valence electrons. The second-order valence-electron chi connectivity index (χ2n) is 12.0. The average Bonchev–Trinajstić information content (AvgIpc) is 3.61. The summed E-state index contributed by atoms with van der Waals surface area (Å²) < 4.78 is 6.18. The van der Waals surface area contributed by atoms with E-state index in [9.17, 15) is 0 Å². The van der Waals surface area contributed by atoms with Crippen LogP contribution in [-0.2, 0) is 0 Å². The number of aromatic nitrogens is 1. The fraction of sp³-hybridized carbons (Fsp3) is 0. The van der Waals surface area contributed by atoms with Crippen molar-refractivity contribution in [2.45, 2.75) is 0 Å². The predicted molar refractivity (Wildman–Crippen MR) is 200 cm³/mol. The van der Waals surface area contributed by atoms with Gasteiger partial charge in [0, 0.05) is 27.9 Å². The van der Waals surface area contributed by atoms with Crippen LogP contribution in [0.1, 0.15) is 0 Å². The summed E-state index contributed by atoms with van der Waals surface area (Å²) in [6.07, 6.45) is 0. The van der Waals surface area contributed by atoms with Crippen molar-refractivity contribution in [1.29, 1.82) is 0 Å². The largest absolute Gasteiger partial charge is 0.436 e. The third kappa shape index (κ3) is 4.90. The van der Waals surface area contributed by atoms with Gasteiger partial charge in [-0.05, 0) is 81.4 Å². The van der Waals surface area contributed by atoms with Crippen molar-refractivity contribution in [3.05, 3.63) is 182 Å². The second kappa shape index (κ2) is 11.7. The van der Waals surface area contributed by atoms with E-state index in [4.69, 9.17) is 9.40 Å². The summed E-state index contributed by atoms with van der Waals surface area (Å²) in [7, 11) is 0. The topological polar surface area (TPSA) is 29.3 Å². The molecule has 0 aliphatic heterocycles. The van der Waals surface area contributed by atoms with Gasteiger partial charge >= 0.3 is 0 Å². The summed E-state index contributed by atoms with van der Waals surface area (Å²) in [6, 6.07) is 64.1. The predicted octanol–water partition coefficient (Wildman–Crippen LogP) is 12.6. The SMILES string of the molecule is c1ccc(-c2nc3c(-c4ccc(N(c5ccc(-c6cccc7ccccc67)cc5)c5cccc6ccccc56)cc4)cccc3o2)cc1. The lowest BCUT2D eigenvalue weighted by molar-refractivity contribution is 0.620. The van der Waals surface area contributed by atoms with Crippen molar-refractivity contribution in [3.8, 4) is 33.7 Å². The summed E-state index contributed by atoms with van der Waals surface area (Å²) in [5.41, 5.74) is 10.5. The number of hydrogen-bond donors (Lipinski definition) is 0. The Hall–Kier alpha value is -6.45. The number of para-hydroxylation sites is 1. The van der Waals surface area contributed by atoms with Crippen molar-refractivity contribution in [2.24, 2.45) is 0 Å². The molecule has 1 heterocycles. The van der Waals surface area contributed by atoms with Gasteiger partial charge in [-0.1, -0.05) is 133 Å². The molecule has 0 N–H and O–H groups in total. The highest BCUT2D eigenvalue weighted by molar-refractivity contribution is 6.00. The molecule has 9 aromatic rings. The maximum absolute atomic E-state index is 6.18. The number of nitrogens with zero attached hydrogens (tertiary/aromatic N) is 2. The number of fused-ring (bicyclic) bond motifs is 3. The van der Waals surface area contributed by atoms with Crippen LogP contribution in [-0.4, -0.2) is 4.98 Å². The summed E-state index contributed by atoms with van der Waals surface area (Å²) in [6.45, 7) is 0. The minimum atomic E-state index is 0.628. The molecule has 3 heteroatoms. The van der Waals surface area contributed by atoms with Crippen molar-refractivity contribution in [3.63, 3.8) is 0 Å². The van der Waals surface area contributed by atoms with Gasteiger partial charge in [0.1, 0.15) is 5.52 Å². The summed E-state index contributed by atoms with van der Waals surface area (Å²) >= 11 is 0. The van der Waals surface area contributed by atoms with Crippen LogP contribution >= 0.6 is 0 Å². The van der Waals surface area contributed by atoms with Gasteiger partial charge in [-0.25, -0.2) is 4.98 Å². The van der Waals surface area contributed by atoms with Crippen LogP contribution in [0.25, 0.3) is 66.4 Å². The van der Waals surface area contributed by atoms with Crippen molar-refractivity contribution in [2.75, 3.05) is 4.90 Å². The van der Waals surface area contributed by atoms with Crippen LogP contribution in [0.4, 0.5) is 17.1 Å². The van der Waals surface area contributed by atoms with E-state index >= 15 is 0 Å². The van der Waals surface area contributed by atoms with Gasteiger partial charge in [-0.15, -0.1) is 0 Å². The first kappa shape index (κ1) is 27.8. The number of benzene rings is 8. The molecular weight excluding hydrogens is 585 g/mol. The van der Waals surface area contributed by atoms with E-state index in [1.54, 1.807) is 0 Å². The molecule has 0 aliphatic carbocycles. The van der Waals surface area contributed by atoms with Crippen molar-refractivity contribution in [1.82, 2.24) is 4.98 Å². The molecule has 9 rings (SSSR count). The minimum absolute atomic E-state index is 0.628. The molecule has 0 amide bonds. The molecule has 0 fully saturated rings. The standard InChI is InChI=1S/C45H30N2O/c1-2-13-35(14-3-1)45-46-44-41(20-10-22-43(44)48-45)34-25-29-37(30-26-34)47(42-21-9-16-32-12-5-7-18-40(32)42)36-27-23-33(24-28-36)39-19-8-15-31-11-4-6-17-38(31)39/h1-30H.